The molecule has 0 unspecified atom stereocenters. The second-order valence-corrected chi connectivity index (χ2v) is 6.97. The fraction of sp³-hybridized carbons (Fsp3) is 0.750. The zero-order chi connectivity index (χ0) is 15.9. The number of carbonyl (C=O) groups is 2. The molecule has 1 saturated carbocycles. The van der Waals surface area contributed by atoms with Crippen LogP contribution in [0.5, 0.6) is 0 Å². The van der Waals surface area contributed by atoms with E-state index < -0.39 is 5.60 Å². The van der Waals surface area contributed by atoms with E-state index in [4.69, 9.17) is 4.74 Å². The third-order valence-electron chi connectivity index (χ3n) is 5.70. The van der Waals surface area contributed by atoms with Gasteiger partial charge in [0.05, 0.1) is 12.3 Å². The SMILES string of the molecule is O=C1C[C@@H](C(=O)N2CCC(c3ncn[nH]3)CC2)C2(CCCC2)O1. The molecule has 1 spiro atoms. The van der Waals surface area contributed by atoms with Gasteiger partial charge in [0.2, 0.25) is 5.91 Å². The lowest BCUT2D eigenvalue weighted by Crippen LogP contribution is -2.47. The molecule has 2 saturated heterocycles. The van der Waals surface area contributed by atoms with Crippen molar-refractivity contribution in [1.29, 1.82) is 0 Å². The molecule has 1 atom stereocenters. The molecule has 0 aromatic carbocycles. The summed E-state index contributed by atoms with van der Waals surface area (Å²) >= 11 is 0. The fourth-order valence-electron chi connectivity index (χ4n) is 4.43. The number of esters is 1. The summed E-state index contributed by atoms with van der Waals surface area (Å²) in [5, 5.41) is 6.82. The van der Waals surface area contributed by atoms with Gasteiger partial charge in [-0.25, -0.2) is 4.98 Å². The molecular formula is C16H22N4O3. The average molecular weight is 318 g/mol. The number of rotatable bonds is 2. The highest BCUT2D eigenvalue weighted by molar-refractivity contribution is 5.88. The highest BCUT2D eigenvalue weighted by Crippen LogP contribution is 2.46. The van der Waals surface area contributed by atoms with Crippen molar-refractivity contribution in [3.05, 3.63) is 12.2 Å². The lowest BCUT2D eigenvalue weighted by molar-refractivity contribution is -0.152. The smallest absolute Gasteiger partial charge is 0.307 e. The van der Waals surface area contributed by atoms with Gasteiger partial charge in [-0.1, -0.05) is 0 Å². The first-order valence-electron chi connectivity index (χ1n) is 8.54. The normalized spacial score (nSPS) is 27.6. The first kappa shape index (κ1) is 14.7. The van der Waals surface area contributed by atoms with Crippen molar-refractivity contribution in [2.75, 3.05) is 13.1 Å². The number of hydrogen-bond donors (Lipinski definition) is 1. The molecular weight excluding hydrogens is 296 g/mol. The number of piperidine rings is 1. The Hall–Kier alpha value is -1.92. The molecule has 0 bridgehead atoms. The Bertz CT molecular complexity index is 586. The minimum atomic E-state index is -0.504. The van der Waals surface area contributed by atoms with Crippen molar-refractivity contribution >= 4 is 11.9 Å². The Morgan fingerprint density at radius 3 is 2.70 bits per heavy atom. The van der Waals surface area contributed by atoms with Crippen LogP contribution in [-0.2, 0) is 14.3 Å². The van der Waals surface area contributed by atoms with E-state index in [1.54, 1.807) is 0 Å². The van der Waals surface area contributed by atoms with Crippen molar-refractivity contribution in [1.82, 2.24) is 20.1 Å². The summed E-state index contributed by atoms with van der Waals surface area (Å²) < 4.78 is 5.60. The maximum atomic E-state index is 13.0. The monoisotopic (exact) mass is 318 g/mol. The number of nitrogens with one attached hydrogen (secondary N) is 1. The van der Waals surface area contributed by atoms with Gasteiger partial charge in [0, 0.05) is 19.0 Å². The molecule has 0 radical (unpaired) electrons. The minimum absolute atomic E-state index is 0.105. The standard InChI is InChI=1S/C16H22N4O3/c21-13-9-12(16(23-13)5-1-2-6-16)15(22)20-7-3-11(4-8-20)14-17-10-18-19-14/h10-12H,1-9H2,(H,17,18,19)/t12-/m0/s1. The van der Waals surface area contributed by atoms with Gasteiger partial charge in [0.1, 0.15) is 17.8 Å². The van der Waals surface area contributed by atoms with E-state index in [1.807, 2.05) is 4.90 Å². The van der Waals surface area contributed by atoms with Crippen LogP contribution < -0.4 is 0 Å². The van der Waals surface area contributed by atoms with E-state index in [1.165, 1.54) is 6.33 Å². The topological polar surface area (TPSA) is 88.2 Å². The first-order valence-corrected chi connectivity index (χ1v) is 8.54. The van der Waals surface area contributed by atoms with Crippen molar-refractivity contribution in [2.45, 2.75) is 56.5 Å². The molecule has 3 fully saturated rings. The Labute approximate surface area is 134 Å². The molecule has 1 aliphatic carbocycles. The lowest BCUT2D eigenvalue weighted by atomic mass is 9.84. The Morgan fingerprint density at radius 1 is 1.30 bits per heavy atom. The molecule has 1 amide bonds. The summed E-state index contributed by atoms with van der Waals surface area (Å²) in [6.07, 6.45) is 7.31. The summed E-state index contributed by atoms with van der Waals surface area (Å²) in [6.45, 7) is 1.43. The lowest BCUT2D eigenvalue weighted by Gasteiger charge is -2.36. The average Bonchev–Trinajstić information content (AvgIpc) is 3.29. The molecule has 23 heavy (non-hydrogen) atoms. The third kappa shape index (κ3) is 2.52. The second-order valence-electron chi connectivity index (χ2n) is 6.97. The molecule has 7 nitrogen and oxygen atoms in total. The molecule has 2 aliphatic heterocycles. The van der Waals surface area contributed by atoms with Crippen LogP contribution in [0, 0.1) is 5.92 Å². The zero-order valence-corrected chi connectivity index (χ0v) is 13.2. The van der Waals surface area contributed by atoms with E-state index in [0.29, 0.717) is 19.0 Å². The van der Waals surface area contributed by atoms with Gasteiger partial charge in [-0.05, 0) is 38.5 Å². The van der Waals surface area contributed by atoms with Crippen LogP contribution in [-0.4, -0.2) is 50.6 Å². The van der Waals surface area contributed by atoms with Crippen molar-refractivity contribution < 1.29 is 14.3 Å². The summed E-state index contributed by atoms with van der Waals surface area (Å²) in [5.41, 5.74) is -0.504. The number of amides is 1. The van der Waals surface area contributed by atoms with Gasteiger partial charge >= 0.3 is 5.97 Å². The Kier molecular flexibility index (Phi) is 3.58. The van der Waals surface area contributed by atoms with Gasteiger partial charge in [0.15, 0.2) is 0 Å². The first-order chi connectivity index (χ1) is 11.2. The van der Waals surface area contributed by atoms with Gasteiger partial charge < -0.3 is 9.64 Å². The van der Waals surface area contributed by atoms with Crippen LogP contribution in [0.4, 0.5) is 0 Å². The van der Waals surface area contributed by atoms with Crippen LogP contribution in [0.25, 0.3) is 0 Å². The number of H-pyrrole nitrogens is 1. The van der Waals surface area contributed by atoms with E-state index in [2.05, 4.69) is 15.2 Å². The molecule has 1 aromatic heterocycles. The van der Waals surface area contributed by atoms with Crippen molar-refractivity contribution in [3.63, 3.8) is 0 Å². The van der Waals surface area contributed by atoms with Gasteiger partial charge in [-0.2, -0.15) is 5.10 Å². The minimum Gasteiger partial charge on any atom is -0.458 e. The Morgan fingerprint density at radius 2 is 2.04 bits per heavy atom. The summed E-state index contributed by atoms with van der Waals surface area (Å²) in [4.78, 5) is 30.9. The number of hydrogen-bond acceptors (Lipinski definition) is 5. The molecule has 3 aliphatic rings. The molecule has 124 valence electrons. The van der Waals surface area contributed by atoms with Crippen molar-refractivity contribution in [2.24, 2.45) is 5.92 Å². The molecule has 3 heterocycles. The van der Waals surface area contributed by atoms with Gasteiger partial charge in [-0.15, -0.1) is 0 Å². The van der Waals surface area contributed by atoms with Crippen LogP contribution in [0.1, 0.15) is 56.7 Å². The van der Waals surface area contributed by atoms with E-state index in [0.717, 1.165) is 44.3 Å². The number of nitrogens with zero attached hydrogens (tertiary/aromatic N) is 3. The molecule has 4 rings (SSSR count). The number of carbonyl (C=O) groups excluding carboxylic acids is 2. The quantitative estimate of drug-likeness (QED) is 0.832. The highest BCUT2D eigenvalue weighted by atomic mass is 16.6. The van der Waals surface area contributed by atoms with Crippen LogP contribution in [0.3, 0.4) is 0 Å². The maximum absolute atomic E-state index is 13.0. The van der Waals surface area contributed by atoms with E-state index in [-0.39, 0.29) is 24.2 Å². The Balaban J connectivity index is 1.42. The highest BCUT2D eigenvalue weighted by Gasteiger charge is 2.54. The number of aromatic nitrogens is 3. The zero-order valence-electron chi connectivity index (χ0n) is 13.2. The molecule has 7 heteroatoms. The third-order valence-corrected chi connectivity index (χ3v) is 5.70. The maximum Gasteiger partial charge on any atom is 0.307 e. The van der Waals surface area contributed by atoms with E-state index >= 15 is 0 Å². The number of aromatic amines is 1. The van der Waals surface area contributed by atoms with Gasteiger partial charge in [0.25, 0.3) is 0 Å². The summed E-state index contributed by atoms with van der Waals surface area (Å²) in [6, 6.07) is 0. The molecule has 1 aromatic rings. The number of ether oxygens (including phenoxy) is 1. The van der Waals surface area contributed by atoms with Crippen LogP contribution in [0.2, 0.25) is 0 Å². The summed E-state index contributed by atoms with van der Waals surface area (Å²) in [5.74, 6) is 0.863. The molecule has 1 N–H and O–H groups in total. The van der Waals surface area contributed by atoms with Crippen LogP contribution >= 0.6 is 0 Å². The van der Waals surface area contributed by atoms with Crippen molar-refractivity contribution in [3.8, 4) is 0 Å². The fourth-order valence-corrected chi connectivity index (χ4v) is 4.43. The van der Waals surface area contributed by atoms with E-state index in [9.17, 15) is 9.59 Å². The second kappa shape index (κ2) is 5.62. The predicted molar refractivity (Wildman–Crippen MR) is 80.3 cm³/mol. The largest absolute Gasteiger partial charge is 0.458 e. The summed E-state index contributed by atoms with van der Waals surface area (Å²) in [7, 11) is 0. The van der Waals surface area contributed by atoms with Gasteiger partial charge in [-0.3, -0.25) is 14.7 Å². The van der Waals surface area contributed by atoms with Crippen LogP contribution in [0.15, 0.2) is 6.33 Å². The predicted octanol–water partition coefficient (Wildman–Crippen LogP) is 1.39. The number of likely N-dealkylation sites (tertiary alicyclic amines) is 1.